The summed E-state index contributed by atoms with van der Waals surface area (Å²) in [7, 11) is 4.00. The molecule has 34 heteroatoms. The summed E-state index contributed by atoms with van der Waals surface area (Å²) in [4.78, 5) is 39.7. The van der Waals surface area contributed by atoms with Gasteiger partial charge in [0, 0.05) is 27.1 Å². The number of rotatable bonds is 17. The van der Waals surface area contributed by atoms with Gasteiger partial charge in [0.05, 0.1) is 80.4 Å². The van der Waals surface area contributed by atoms with E-state index in [-0.39, 0.29) is 66.2 Å². The number of hydrogen-bond donors (Lipinski definition) is 7. The number of Topliss-reactive ketones (excluding diaryl/α,β-unsaturated/α-hetero) is 1. The summed E-state index contributed by atoms with van der Waals surface area (Å²) < 4.78 is 135. The van der Waals surface area contributed by atoms with Crippen molar-refractivity contribution in [3.05, 3.63) is 21.2 Å². The number of phenols is 1. The number of ether oxygens (including phenoxy) is 22. The first-order valence-electron chi connectivity index (χ1n) is 31.3. The second-order valence-electron chi connectivity index (χ2n) is 26.0. The highest BCUT2D eigenvalue weighted by molar-refractivity contribution is 6.39. The molecule has 31 atom stereocenters. The van der Waals surface area contributed by atoms with Crippen LogP contribution in [0.2, 0.25) is 10.0 Å². The zero-order valence-electron chi connectivity index (χ0n) is 54.0. The molecule has 10 fully saturated rings. The molecule has 0 aromatic heterocycles. The molecule has 0 amide bonds. The van der Waals surface area contributed by atoms with E-state index in [1.54, 1.807) is 48.5 Å². The summed E-state index contributed by atoms with van der Waals surface area (Å²) in [6.07, 6.45) is -34.6. The Kier molecular flexibility index (Phi) is 21.4. The summed E-state index contributed by atoms with van der Waals surface area (Å²) >= 11 is 12.5. The Bertz CT molecular complexity index is 2870. The lowest BCUT2D eigenvalue weighted by atomic mass is 9.81. The van der Waals surface area contributed by atoms with Crippen molar-refractivity contribution >= 4 is 40.9 Å². The Morgan fingerprint density at radius 1 is 0.660 bits per heavy atom. The number of aliphatic hydroxyl groups excluding tert-OH is 5. The molecule has 1 aromatic carbocycles. The van der Waals surface area contributed by atoms with Crippen LogP contribution >= 0.6 is 23.2 Å². The van der Waals surface area contributed by atoms with Crippen LogP contribution in [-0.4, -0.2) is 284 Å². The smallest absolute Gasteiger partial charge is 0.342 e. The van der Waals surface area contributed by atoms with Gasteiger partial charge >= 0.3 is 17.9 Å². The molecule has 10 aliphatic heterocycles. The molecule has 10 aliphatic rings. The zero-order chi connectivity index (χ0) is 68.2. The van der Waals surface area contributed by atoms with E-state index in [0.717, 1.165) is 0 Å². The van der Waals surface area contributed by atoms with Crippen molar-refractivity contribution in [2.45, 2.75) is 277 Å². The highest BCUT2D eigenvalue weighted by Gasteiger charge is 2.73. The number of carbonyl (C=O) groups excluding carboxylic acids is 3. The van der Waals surface area contributed by atoms with Gasteiger partial charge in [0.15, 0.2) is 66.4 Å². The van der Waals surface area contributed by atoms with Gasteiger partial charge in [0.1, 0.15) is 96.2 Å². The van der Waals surface area contributed by atoms with E-state index in [0.29, 0.717) is 0 Å². The molecular formula is C60H86Cl2O32. The molecule has 32 nitrogen and oxygen atoms in total. The number of esters is 2. The first-order chi connectivity index (χ1) is 44.3. The fourth-order valence-electron chi connectivity index (χ4n) is 14.3. The maximum absolute atomic E-state index is 13.5. The van der Waals surface area contributed by atoms with E-state index in [2.05, 4.69) is 0 Å². The molecule has 532 valence electrons. The Balaban J connectivity index is 0.715. The SMILES string of the molecule is COC[C@H]1O[C@@H](O[C@@H]2OC[C@@H]3O[C@]4(O[C@H]3[C@H]2OC(=O)C(C)C)O[C@H](C)[C@@](O)(C(C)=O)[C@@H]2OCO[C@H]24)[C@@H](O)[C@@H](O)[C@@H]1O[C@@H]1OC(C)[C@H](OC)[C@H](O[C@H]2CC3(C)OC4(C[C@@H](O)[C@H](O[C@H]5C[C@@H](O)[C@H](OC(=O)c6c(C)c(Cl)c(O)c(Cl)c6OC)[C@@H](C)O5)[C@@H](C)O4)O[C@@H]3[C@@H](C)O2)[C@H]1O. The molecule has 0 radical (unpaired) electrons. The Labute approximate surface area is 550 Å². The Morgan fingerprint density at radius 2 is 1.34 bits per heavy atom. The third-order valence-electron chi connectivity index (χ3n) is 19.1. The molecule has 7 N–H and O–H groups in total. The molecule has 1 aromatic rings. The number of hydrogen-bond acceptors (Lipinski definition) is 32. The molecule has 10 heterocycles. The number of ketones is 1. The number of aliphatic hydroxyl groups is 6. The normalized spacial score (nSPS) is 47.7. The molecule has 2 spiro atoms. The molecule has 11 rings (SSSR count). The average molecular weight is 1390 g/mol. The van der Waals surface area contributed by atoms with Crippen molar-refractivity contribution in [3.8, 4) is 11.5 Å². The summed E-state index contributed by atoms with van der Waals surface area (Å²) in [5.74, 6) is -7.53. The van der Waals surface area contributed by atoms with Crippen LogP contribution in [0.3, 0.4) is 0 Å². The fourth-order valence-corrected chi connectivity index (χ4v) is 14.8. The molecule has 94 heavy (non-hydrogen) atoms. The van der Waals surface area contributed by atoms with Gasteiger partial charge in [-0.1, -0.05) is 37.0 Å². The summed E-state index contributed by atoms with van der Waals surface area (Å²) in [5.41, 5.74) is -3.37. The number of benzene rings is 1. The topological polar surface area (TPSA) is 396 Å². The van der Waals surface area contributed by atoms with E-state index < -0.39 is 218 Å². The minimum absolute atomic E-state index is 0.0142. The standard InChI is InChI=1S/C60H86Cl2O32/c1-20(2)52(70)86-48-45-31(91-60(92-45)51-50(77-19-78-51)59(72,26(8)63)27(9)90-60)18-76-56(48)88-54-39(68)38(67)44(30(82-54)17-73-11)87-55-40(69)47(43(74-12)23(5)81-55)84-33-16-57(10)49(25(7)80-33)93-58(94-57)15-29(65)42(24(6)89-58)83-32-14-28(64)41(22(4)79-32)85-53(71)34-21(3)35(61)37(66)36(62)46(34)75-13/h20,22-25,27-33,38-45,47-51,54-56,64-69,72H,14-19H2,1-13H3/t22-,23?,24-,25-,27-,28-,29-,30-,31+,32+,33+,38-,39+,40-,41-,42-,43+,44-,45-,47-,48-,49-,50-,51-,54+,55+,56+,57?,58?,59+,60-/m1/s1. The highest BCUT2D eigenvalue weighted by Crippen LogP contribution is 2.53. The maximum atomic E-state index is 13.5. The lowest BCUT2D eigenvalue weighted by molar-refractivity contribution is -0.428. The van der Waals surface area contributed by atoms with Crippen LogP contribution in [0.15, 0.2) is 0 Å². The van der Waals surface area contributed by atoms with Crippen molar-refractivity contribution in [2.24, 2.45) is 5.92 Å². The van der Waals surface area contributed by atoms with Crippen molar-refractivity contribution in [1.29, 1.82) is 0 Å². The summed E-state index contributed by atoms with van der Waals surface area (Å²) in [6, 6.07) is 0. The quantitative estimate of drug-likeness (QED) is 0.104. The lowest BCUT2D eigenvalue weighted by Crippen LogP contribution is -2.72. The van der Waals surface area contributed by atoms with Gasteiger partial charge in [-0.05, 0) is 61.0 Å². The number of methoxy groups -OCH3 is 3. The van der Waals surface area contributed by atoms with Crippen LogP contribution < -0.4 is 4.74 Å². The number of aromatic hydroxyl groups is 1. The second kappa shape index (κ2) is 27.9. The third-order valence-corrected chi connectivity index (χ3v) is 20.0. The first-order valence-corrected chi connectivity index (χ1v) is 32.1. The number of phenolic OH excluding ortho intramolecular Hbond substituents is 1. The fraction of sp³-hybridized carbons (Fsp3) is 0.850. The van der Waals surface area contributed by atoms with E-state index in [9.17, 15) is 50.1 Å². The predicted octanol–water partition coefficient (Wildman–Crippen LogP) is 0.398. The number of halogens is 2. The van der Waals surface area contributed by atoms with Crippen LogP contribution in [-0.2, 0) is 109 Å². The molecule has 3 unspecified atom stereocenters. The monoisotopic (exact) mass is 1390 g/mol. The van der Waals surface area contributed by atoms with Crippen molar-refractivity contribution < 1.29 is 154 Å². The van der Waals surface area contributed by atoms with Gasteiger partial charge in [-0.2, -0.15) is 0 Å². The Hall–Kier alpha value is -2.99. The third kappa shape index (κ3) is 13.0. The van der Waals surface area contributed by atoms with Gasteiger partial charge < -0.3 is 140 Å². The summed E-state index contributed by atoms with van der Waals surface area (Å²) in [5, 5.41) is 80.4. The van der Waals surface area contributed by atoms with Crippen LogP contribution in [0.1, 0.15) is 97.5 Å². The van der Waals surface area contributed by atoms with E-state index in [1.807, 2.05) is 0 Å². The molecule has 0 bridgehead atoms. The molecule has 0 aliphatic carbocycles. The van der Waals surface area contributed by atoms with Crippen LogP contribution in [0.4, 0.5) is 0 Å². The van der Waals surface area contributed by atoms with Crippen molar-refractivity contribution in [3.63, 3.8) is 0 Å². The van der Waals surface area contributed by atoms with Gasteiger partial charge in [-0.3, -0.25) is 9.59 Å². The largest absolute Gasteiger partial charge is 0.505 e. The minimum Gasteiger partial charge on any atom is -0.505 e. The number of carbonyl (C=O) groups is 3. The van der Waals surface area contributed by atoms with Crippen LogP contribution in [0, 0.1) is 12.8 Å². The zero-order valence-corrected chi connectivity index (χ0v) is 55.5. The van der Waals surface area contributed by atoms with Crippen molar-refractivity contribution in [1.82, 2.24) is 0 Å². The highest BCUT2D eigenvalue weighted by atomic mass is 35.5. The number of fused-ring (bicyclic) bond motifs is 4. The van der Waals surface area contributed by atoms with E-state index >= 15 is 0 Å². The Morgan fingerprint density at radius 3 is 2.00 bits per heavy atom. The van der Waals surface area contributed by atoms with Gasteiger partial charge in [0.2, 0.25) is 6.29 Å². The van der Waals surface area contributed by atoms with Gasteiger partial charge in [-0.25, -0.2) is 4.79 Å². The van der Waals surface area contributed by atoms with Crippen LogP contribution in [0.25, 0.3) is 0 Å². The van der Waals surface area contributed by atoms with Crippen molar-refractivity contribution in [2.75, 3.05) is 41.3 Å². The summed E-state index contributed by atoms with van der Waals surface area (Å²) in [6.45, 7) is 14.7. The first kappa shape index (κ1) is 72.3. The molecule has 0 saturated carbocycles. The average Bonchev–Trinajstić information content (AvgIpc) is 1.51. The molecule has 10 saturated heterocycles. The van der Waals surface area contributed by atoms with E-state index in [1.165, 1.54) is 42.1 Å². The minimum atomic E-state index is -2.14. The molecular weight excluding hydrogens is 1300 g/mol. The predicted molar refractivity (Wildman–Crippen MR) is 308 cm³/mol. The van der Waals surface area contributed by atoms with E-state index in [4.69, 9.17) is 127 Å². The van der Waals surface area contributed by atoms with Gasteiger partial charge in [0.25, 0.3) is 5.97 Å². The lowest BCUT2D eigenvalue weighted by Gasteiger charge is -2.49. The van der Waals surface area contributed by atoms with Gasteiger partial charge in [-0.15, -0.1) is 0 Å². The van der Waals surface area contributed by atoms with Crippen LogP contribution in [0.5, 0.6) is 11.5 Å². The second-order valence-corrected chi connectivity index (χ2v) is 26.8. The maximum Gasteiger partial charge on any atom is 0.342 e.